The topological polar surface area (TPSA) is 174 Å². The molecule has 6 N–H and O–H groups in total. The van der Waals surface area contributed by atoms with Gasteiger partial charge in [0.05, 0.1) is 12.7 Å². The van der Waals surface area contributed by atoms with Crippen LogP contribution in [0.3, 0.4) is 0 Å². The number of Topliss-reactive ketones (excluding diaryl/α,β-unsaturated/α-hetero) is 1. The van der Waals surface area contributed by atoms with E-state index < -0.39 is 89.7 Å². The monoisotopic (exact) mass is 542 g/mol. The van der Waals surface area contributed by atoms with Gasteiger partial charge in [-0.15, -0.1) is 0 Å². The van der Waals surface area contributed by atoms with Crippen LogP contribution in [0, 0.1) is 22.7 Å². The van der Waals surface area contributed by atoms with Crippen molar-refractivity contribution in [2.75, 3.05) is 13.2 Å². The smallest absolute Gasteiger partial charge is 0.190 e. The minimum Gasteiger partial charge on any atom is -0.394 e. The molecule has 4 fully saturated rings. The van der Waals surface area contributed by atoms with E-state index in [1.54, 1.807) is 13.8 Å². The van der Waals surface area contributed by atoms with E-state index >= 15 is 4.39 Å². The summed E-state index contributed by atoms with van der Waals surface area (Å²) in [5.74, 6) is -1.76. The molecule has 1 heterocycles. The van der Waals surface area contributed by atoms with Gasteiger partial charge in [-0.3, -0.25) is 9.59 Å². The fraction of sp³-hybridized carbons (Fsp3) is 0.852. The van der Waals surface area contributed by atoms with Crippen molar-refractivity contribution < 1.29 is 54.1 Å². The summed E-state index contributed by atoms with van der Waals surface area (Å²) in [6.07, 6.45) is -5.92. The lowest BCUT2D eigenvalue weighted by Crippen LogP contribution is -2.69. The summed E-state index contributed by atoms with van der Waals surface area (Å²) in [6, 6.07) is 0. The number of allylic oxidation sites excluding steroid dienone is 1. The molecule has 0 spiro atoms. The van der Waals surface area contributed by atoms with E-state index in [9.17, 15) is 40.2 Å². The van der Waals surface area contributed by atoms with E-state index in [1.807, 2.05) is 0 Å². The van der Waals surface area contributed by atoms with E-state index in [0.29, 0.717) is 25.7 Å². The Bertz CT molecular complexity index is 1020. The third-order valence-corrected chi connectivity index (χ3v) is 10.9. The van der Waals surface area contributed by atoms with Crippen molar-refractivity contribution in [3.63, 3.8) is 0 Å². The molecule has 0 radical (unpaired) electrons. The summed E-state index contributed by atoms with van der Waals surface area (Å²) in [4.78, 5) is 25.5. The molecule has 0 bridgehead atoms. The molecule has 11 heteroatoms. The maximum atomic E-state index is 17.2. The van der Waals surface area contributed by atoms with Crippen LogP contribution >= 0.6 is 0 Å². The first-order chi connectivity index (χ1) is 17.7. The Morgan fingerprint density at radius 3 is 2.47 bits per heavy atom. The largest absolute Gasteiger partial charge is 0.394 e. The molecule has 0 aromatic heterocycles. The number of carbonyl (C=O) groups excluding carboxylic acids is 2. The van der Waals surface area contributed by atoms with Crippen LogP contribution in [-0.4, -0.2) is 103 Å². The standard InChI is InChI=1S/C27H39FO10/c1-24-7-5-14(30)9-13(24)3-4-16-15-6-8-26(36,25(15,2)10-18(31)27(16,24)28)19(32)12-37-23-22(35)21(34)20(33)17(11-29)38-23/h9,15-18,20-23,29,31,33-36H,3-8,10-12H2,1-2H3/t15?,16?,17-,18?,20-,21+,22-,23+,24?,25?,26+,27+/m1/s1. The molecule has 0 aromatic rings. The molecule has 5 unspecified atom stereocenters. The van der Waals surface area contributed by atoms with E-state index in [-0.39, 0.29) is 25.0 Å². The highest BCUT2D eigenvalue weighted by molar-refractivity contribution is 5.92. The number of ether oxygens (including phenoxy) is 2. The lowest BCUT2D eigenvalue weighted by molar-refractivity contribution is -0.300. The van der Waals surface area contributed by atoms with Gasteiger partial charge >= 0.3 is 0 Å². The second-order valence-corrected chi connectivity index (χ2v) is 12.5. The molecule has 12 atom stereocenters. The van der Waals surface area contributed by atoms with E-state index in [0.717, 1.165) is 5.57 Å². The quantitative estimate of drug-likeness (QED) is 0.271. The van der Waals surface area contributed by atoms with Crippen molar-refractivity contribution >= 4 is 11.6 Å². The van der Waals surface area contributed by atoms with Gasteiger partial charge in [-0.1, -0.05) is 19.4 Å². The maximum Gasteiger partial charge on any atom is 0.190 e. The molecular formula is C27H39FO10. The molecule has 214 valence electrons. The predicted octanol–water partition coefficient (Wildman–Crippen LogP) is -0.302. The molecule has 5 rings (SSSR count). The second-order valence-electron chi connectivity index (χ2n) is 12.5. The summed E-state index contributed by atoms with van der Waals surface area (Å²) in [5.41, 5.74) is -5.35. The molecule has 1 saturated heterocycles. The highest BCUT2D eigenvalue weighted by Crippen LogP contribution is 2.70. The summed E-state index contributed by atoms with van der Waals surface area (Å²) < 4.78 is 27.9. The number of hydrogen-bond acceptors (Lipinski definition) is 10. The SMILES string of the molecule is CC12CCC(=O)C=C1CCC1C3CC[C@](O)(C(=O)CO[C@H]4O[C@H](CO)[C@@H](O)[C@H](O)[C@H]4O)C3(C)CC(O)[C@@]12F. The third kappa shape index (κ3) is 3.66. The van der Waals surface area contributed by atoms with Gasteiger partial charge in [-0.05, 0) is 50.5 Å². The van der Waals surface area contributed by atoms with Gasteiger partial charge in [0.15, 0.2) is 17.9 Å². The zero-order chi connectivity index (χ0) is 27.8. The number of aliphatic hydroxyl groups excluding tert-OH is 5. The number of ketones is 2. The molecule has 1 aliphatic heterocycles. The number of alkyl halides is 1. The van der Waals surface area contributed by atoms with Crippen molar-refractivity contribution in [1.29, 1.82) is 0 Å². The molecule has 4 aliphatic carbocycles. The minimum atomic E-state index is -2.00. The third-order valence-electron chi connectivity index (χ3n) is 10.9. The molecule has 10 nitrogen and oxygen atoms in total. The van der Waals surface area contributed by atoms with Crippen LogP contribution in [0.4, 0.5) is 4.39 Å². The number of fused-ring (bicyclic) bond motifs is 5. The molecule has 5 aliphatic rings. The van der Waals surface area contributed by atoms with Crippen molar-refractivity contribution in [1.82, 2.24) is 0 Å². The average molecular weight is 543 g/mol. The number of carbonyl (C=O) groups is 2. The summed E-state index contributed by atoms with van der Waals surface area (Å²) in [5, 5.41) is 62.6. The lowest BCUT2D eigenvalue weighted by atomic mass is 9.44. The van der Waals surface area contributed by atoms with Crippen LogP contribution in [0.5, 0.6) is 0 Å². The predicted molar refractivity (Wildman–Crippen MR) is 128 cm³/mol. The Hall–Kier alpha value is -1.31. The lowest BCUT2D eigenvalue weighted by Gasteiger charge is -2.63. The fourth-order valence-electron chi connectivity index (χ4n) is 8.52. The van der Waals surface area contributed by atoms with Crippen LogP contribution in [0.25, 0.3) is 0 Å². The van der Waals surface area contributed by atoms with Crippen LogP contribution in [0.15, 0.2) is 11.6 Å². The van der Waals surface area contributed by atoms with Gasteiger partial charge in [-0.25, -0.2) is 4.39 Å². The van der Waals surface area contributed by atoms with Gasteiger partial charge in [0.25, 0.3) is 0 Å². The van der Waals surface area contributed by atoms with Crippen molar-refractivity contribution in [3.8, 4) is 0 Å². The van der Waals surface area contributed by atoms with Gasteiger partial charge in [0.1, 0.15) is 42.3 Å². The Labute approximate surface area is 220 Å². The highest BCUT2D eigenvalue weighted by atomic mass is 19.1. The molecule has 3 saturated carbocycles. The van der Waals surface area contributed by atoms with Gasteiger partial charge < -0.3 is 40.1 Å². The first-order valence-electron chi connectivity index (χ1n) is 13.5. The molecule has 0 aromatic carbocycles. The second kappa shape index (κ2) is 9.37. The molecule has 0 amide bonds. The van der Waals surface area contributed by atoms with Crippen LogP contribution in [0.2, 0.25) is 0 Å². The van der Waals surface area contributed by atoms with Crippen molar-refractivity contribution in [2.24, 2.45) is 22.7 Å². The van der Waals surface area contributed by atoms with Crippen LogP contribution in [-0.2, 0) is 19.1 Å². The van der Waals surface area contributed by atoms with E-state index in [1.165, 1.54) is 6.08 Å². The molecular weight excluding hydrogens is 503 g/mol. The normalized spacial score (nSPS) is 52.6. The maximum absolute atomic E-state index is 17.2. The Morgan fingerprint density at radius 1 is 1.08 bits per heavy atom. The molecule has 38 heavy (non-hydrogen) atoms. The van der Waals surface area contributed by atoms with Crippen molar-refractivity contribution in [3.05, 3.63) is 11.6 Å². The number of hydrogen-bond donors (Lipinski definition) is 6. The summed E-state index contributed by atoms with van der Waals surface area (Å²) in [6.45, 7) is 2.13. The van der Waals surface area contributed by atoms with Crippen LogP contribution in [0.1, 0.15) is 58.8 Å². The van der Waals surface area contributed by atoms with Gasteiger partial charge in [0, 0.05) is 23.2 Å². The van der Waals surface area contributed by atoms with Gasteiger partial charge in [0.2, 0.25) is 0 Å². The van der Waals surface area contributed by atoms with Gasteiger partial charge in [-0.2, -0.15) is 0 Å². The first-order valence-corrected chi connectivity index (χ1v) is 13.5. The van der Waals surface area contributed by atoms with E-state index in [2.05, 4.69) is 0 Å². The zero-order valence-electron chi connectivity index (χ0n) is 21.8. The minimum absolute atomic E-state index is 0.0325. The Kier molecular flexibility index (Phi) is 6.96. The highest BCUT2D eigenvalue weighted by Gasteiger charge is 2.74. The fourth-order valence-corrected chi connectivity index (χ4v) is 8.52. The Balaban J connectivity index is 1.36. The van der Waals surface area contributed by atoms with Crippen LogP contribution < -0.4 is 0 Å². The first kappa shape index (κ1) is 28.2. The Morgan fingerprint density at radius 2 is 1.79 bits per heavy atom. The number of halogens is 1. The van der Waals surface area contributed by atoms with Crippen molar-refractivity contribution in [2.45, 2.75) is 107 Å². The van der Waals surface area contributed by atoms with E-state index in [4.69, 9.17) is 9.47 Å². The number of rotatable bonds is 5. The zero-order valence-corrected chi connectivity index (χ0v) is 21.8. The summed E-state index contributed by atoms with van der Waals surface area (Å²) in [7, 11) is 0. The number of aliphatic hydroxyl groups is 6. The summed E-state index contributed by atoms with van der Waals surface area (Å²) >= 11 is 0. The average Bonchev–Trinajstić information content (AvgIpc) is 3.14.